The molecule has 0 saturated heterocycles. The summed E-state index contributed by atoms with van der Waals surface area (Å²) in [6.45, 7) is -0.0323. The molecule has 0 radical (unpaired) electrons. The number of carbonyl (C=O) groups excluding carboxylic acids is 2. The Morgan fingerprint density at radius 3 is 2.50 bits per heavy atom. The SMILES string of the molecule is COC(=O)c1ncn(CCO)c1C(=O)OC. The average Bonchev–Trinajstić information content (AvgIpc) is 2.71. The lowest BCUT2D eigenvalue weighted by atomic mass is 10.3. The Hall–Kier alpha value is -1.89. The maximum Gasteiger partial charge on any atom is 0.359 e. The van der Waals surface area contributed by atoms with Crippen molar-refractivity contribution in [3.05, 3.63) is 17.7 Å². The monoisotopic (exact) mass is 228 g/mol. The van der Waals surface area contributed by atoms with Gasteiger partial charge in [0.15, 0.2) is 11.4 Å². The molecule has 1 aromatic heterocycles. The van der Waals surface area contributed by atoms with E-state index in [0.29, 0.717) is 0 Å². The minimum absolute atomic E-state index is 0.0246. The third-order valence-corrected chi connectivity index (χ3v) is 1.94. The van der Waals surface area contributed by atoms with Crippen molar-refractivity contribution in [1.82, 2.24) is 9.55 Å². The number of hydrogen-bond donors (Lipinski definition) is 1. The van der Waals surface area contributed by atoms with Crippen LogP contribution in [0.5, 0.6) is 0 Å². The van der Waals surface area contributed by atoms with Gasteiger partial charge in [-0.05, 0) is 0 Å². The van der Waals surface area contributed by atoms with E-state index in [9.17, 15) is 9.59 Å². The van der Waals surface area contributed by atoms with Gasteiger partial charge in [-0.1, -0.05) is 0 Å². The molecule has 1 rings (SSSR count). The van der Waals surface area contributed by atoms with Gasteiger partial charge in [-0.15, -0.1) is 0 Å². The minimum Gasteiger partial charge on any atom is -0.464 e. The van der Waals surface area contributed by atoms with Crippen molar-refractivity contribution >= 4 is 11.9 Å². The minimum atomic E-state index is -0.725. The summed E-state index contributed by atoms with van der Waals surface area (Å²) in [5, 5.41) is 8.79. The van der Waals surface area contributed by atoms with Crippen LogP contribution in [0.3, 0.4) is 0 Å². The number of methoxy groups -OCH3 is 2. The topological polar surface area (TPSA) is 90.6 Å². The van der Waals surface area contributed by atoms with E-state index < -0.39 is 11.9 Å². The van der Waals surface area contributed by atoms with E-state index in [1.165, 1.54) is 25.1 Å². The van der Waals surface area contributed by atoms with Crippen LogP contribution < -0.4 is 0 Å². The first kappa shape index (κ1) is 12.2. The van der Waals surface area contributed by atoms with E-state index in [4.69, 9.17) is 5.11 Å². The molecule has 0 spiro atoms. The fraction of sp³-hybridized carbons (Fsp3) is 0.444. The molecular formula is C9H12N2O5. The first-order valence-corrected chi connectivity index (χ1v) is 4.48. The molecule has 0 bridgehead atoms. The zero-order valence-corrected chi connectivity index (χ0v) is 8.97. The molecule has 0 aromatic carbocycles. The van der Waals surface area contributed by atoms with Gasteiger partial charge in [0.05, 0.1) is 27.2 Å². The number of aliphatic hydroxyl groups is 1. The molecule has 7 heteroatoms. The number of rotatable bonds is 4. The molecule has 0 atom stereocenters. The zero-order valence-electron chi connectivity index (χ0n) is 8.97. The lowest BCUT2D eigenvalue weighted by Crippen LogP contribution is -2.16. The average molecular weight is 228 g/mol. The summed E-state index contributed by atoms with van der Waals surface area (Å²) in [4.78, 5) is 26.5. The van der Waals surface area contributed by atoms with Gasteiger partial charge < -0.3 is 19.1 Å². The summed E-state index contributed by atoms with van der Waals surface area (Å²) < 4.78 is 10.3. The molecule has 0 saturated carbocycles. The van der Waals surface area contributed by atoms with Crippen molar-refractivity contribution in [3.63, 3.8) is 0 Å². The molecule has 16 heavy (non-hydrogen) atoms. The predicted molar refractivity (Wildman–Crippen MR) is 52.0 cm³/mol. The molecule has 0 amide bonds. The van der Waals surface area contributed by atoms with Gasteiger partial charge in [-0.25, -0.2) is 14.6 Å². The van der Waals surface area contributed by atoms with Gasteiger partial charge in [-0.2, -0.15) is 0 Å². The van der Waals surface area contributed by atoms with Gasteiger partial charge in [-0.3, -0.25) is 0 Å². The molecule has 0 unspecified atom stereocenters. The summed E-state index contributed by atoms with van der Waals surface area (Å²) in [6.07, 6.45) is 1.27. The van der Waals surface area contributed by atoms with Crippen molar-refractivity contribution < 1.29 is 24.2 Å². The predicted octanol–water partition coefficient (Wildman–Crippen LogP) is -0.551. The van der Waals surface area contributed by atoms with E-state index in [1.54, 1.807) is 0 Å². The number of ether oxygens (including phenoxy) is 2. The zero-order chi connectivity index (χ0) is 12.1. The Bertz CT molecular complexity index is 399. The van der Waals surface area contributed by atoms with Gasteiger partial charge in [0.2, 0.25) is 0 Å². The number of carbonyl (C=O) groups is 2. The van der Waals surface area contributed by atoms with Gasteiger partial charge in [0.1, 0.15) is 0 Å². The van der Waals surface area contributed by atoms with E-state index in [-0.39, 0.29) is 24.5 Å². The van der Waals surface area contributed by atoms with Crippen molar-refractivity contribution in [2.24, 2.45) is 0 Å². The highest BCUT2D eigenvalue weighted by atomic mass is 16.5. The standard InChI is InChI=1S/C9H12N2O5/c1-15-8(13)6-7(9(14)16-2)11(3-4-12)5-10-6/h5,12H,3-4H2,1-2H3. The Balaban J connectivity index is 3.19. The Labute approximate surface area is 91.6 Å². The van der Waals surface area contributed by atoms with Crippen molar-refractivity contribution in [1.29, 1.82) is 0 Å². The van der Waals surface area contributed by atoms with E-state index in [0.717, 1.165) is 0 Å². The number of aliphatic hydroxyl groups excluding tert-OH is 1. The summed E-state index contributed by atoms with van der Waals surface area (Å²) in [5.74, 6) is -1.43. The molecule has 1 heterocycles. The van der Waals surface area contributed by atoms with Crippen LogP contribution in [0.15, 0.2) is 6.33 Å². The van der Waals surface area contributed by atoms with Crippen LogP contribution in [0, 0.1) is 0 Å². The molecule has 1 aromatic rings. The molecule has 0 aliphatic rings. The summed E-state index contributed by atoms with van der Waals surface area (Å²) in [6, 6.07) is 0. The van der Waals surface area contributed by atoms with Gasteiger partial charge in [0.25, 0.3) is 0 Å². The maximum atomic E-state index is 11.4. The lowest BCUT2D eigenvalue weighted by Gasteiger charge is -2.05. The fourth-order valence-electron chi connectivity index (χ4n) is 1.22. The third-order valence-electron chi connectivity index (χ3n) is 1.94. The second kappa shape index (κ2) is 5.26. The fourth-order valence-corrected chi connectivity index (χ4v) is 1.22. The third kappa shape index (κ3) is 2.19. The van der Waals surface area contributed by atoms with Crippen LogP contribution >= 0.6 is 0 Å². The first-order valence-electron chi connectivity index (χ1n) is 4.48. The largest absolute Gasteiger partial charge is 0.464 e. The molecular weight excluding hydrogens is 216 g/mol. The number of esters is 2. The van der Waals surface area contributed by atoms with Crippen molar-refractivity contribution in [2.75, 3.05) is 20.8 Å². The number of aromatic nitrogens is 2. The molecule has 0 aliphatic heterocycles. The van der Waals surface area contributed by atoms with Crippen LogP contribution in [0.4, 0.5) is 0 Å². The summed E-state index contributed by atoms with van der Waals surface area (Å²) in [7, 11) is 2.38. The van der Waals surface area contributed by atoms with Crippen LogP contribution in [0.2, 0.25) is 0 Å². The van der Waals surface area contributed by atoms with Crippen LogP contribution in [-0.4, -0.2) is 47.4 Å². The second-order valence-electron chi connectivity index (χ2n) is 2.84. The van der Waals surface area contributed by atoms with Gasteiger partial charge >= 0.3 is 11.9 Å². The Morgan fingerprint density at radius 1 is 1.38 bits per heavy atom. The number of hydrogen-bond acceptors (Lipinski definition) is 6. The Morgan fingerprint density at radius 2 is 2.00 bits per heavy atom. The van der Waals surface area contributed by atoms with Crippen molar-refractivity contribution in [3.8, 4) is 0 Å². The maximum absolute atomic E-state index is 11.4. The highest BCUT2D eigenvalue weighted by Gasteiger charge is 2.24. The molecule has 88 valence electrons. The number of imidazole rings is 1. The van der Waals surface area contributed by atoms with E-state index >= 15 is 0 Å². The highest BCUT2D eigenvalue weighted by Crippen LogP contribution is 2.10. The molecule has 7 nitrogen and oxygen atoms in total. The molecule has 0 aliphatic carbocycles. The van der Waals surface area contributed by atoms with E-state index in [2.05, 4.69) is 14.5 Å². The first-order chi connectivity index (χ1) is 7.65. The van der Waals surface area contributed by atoms with Gasteiger partial charge in [0, 0.05) is 6.54 Å². The summed E-state index contributed by atoms with van der Waals surface area (Å²) >= 11 is 0. The highest BCUT2D eigenvalue weighted by molar-refractivity contribution is 6.00. The Kier molecular flexibility index (Phi) is 4.01. The quantitative estimate of drug-likeness (QED) is 0.695. The van der Waals surface area contributed by atoms with E-state index in [1.807, 2.05) is 0 Å². The van der Waals surface area contributed by atoms with Crippen molar-refractivity contribution in [2.45, 2.75) is 6.54 Å². The molecule has 1 N–H and O–H groups in total. The van der Waals surface area contributed by atoms with Crippen LogP contribution in [0.1, 0.15) is 21.0 Å². The summed E-state index contributed by atoms with van der Waals surface area (Å²) in [5.41, 5.74) is -0.147. The molecule has 0 fully saturated rings. The lowest BCUT2D eigenvalue weighted by molar-refractivity contribution is 0.0542. The normalized spacial score (nSPS) is 9.94. The van der Waals surface area contributed by atoms with Crippen LogP contribution in [0.25, 0.3) is 0 Å². The smallest absolute Gasteiger partial charge is 0.359 e. The second-order valence-corrected chi connectivity index (χ2v) is 2.84. The number of nitrogens with zero attached hydrogens (tertiary/aromatic N) is 2. The van der Waals surface area contributed by atoms with Crippen LogP contribution in [-0.2, 0) is 16.0 Å².